The molecule has 0 fully saturated rings. The van der Waals surface area contributed by atoms with Gasteiger partial charge in [-0.2, -0.15) is 0 Å². The SMILES string of the molecule is Cc1ccc(S(=O)(=O)Cc2cc(Cl)ccc2SCc2ccc(C(=O)O)cc2)cc1. The summed E-state index contributed by atoms with van der Waals surface area (Å²) < 4.78 is 25.7. The van der Waals surface area contributed by atoms with Crippen molar-refractivity contribution < 1.29 is 18.3 Å². The lowest BCUT2D eigenvalue weighted by atomic mass is 10.1. The minimum Gasteiger partial charge on any atom is -0.478 e. The van der Waals surface area contributed by atoms with Crippen LogP contribution in [-0.2, 0) is 21.3 Å². The van der Waals surface area contributed by atoms with Gasteiger partial charge < -0.3 is 5.11 Å². The molecular weight excluding hydrogens is 428 g/mol. The number of rotatable bonds is 7. The van der Waals surface area contributed by atoms with Crippen LogP contribution in [0.2, 0.25) is 5.02 Å². The molecule has 0 heterocycles. The highest BCUT2D eigenvalue weighted by Crippen LogP contribution is 2.31. The molecule has 0 radical (unpaired) electrons. The van der Waals surface area contributed by atoms with Gasteiger partial charge in [0.05, 0.1) is 16.2 Å². The van der Waals surface area contributed by atoms with E-state index in [1.165, 1.54) is 11.8 Å². The average molecular weight is 447 g/mol. The molecule has 0 saturated carbocycles. The van der Waals surface area contributed by atoms with E-state index in [1.807, 2.05) is 13.0 Å². The van der Waals surface area contributed by atoms with E-state index in [4.69, 9.17) is 16.7 Å². The Morgan fingerprint density at radius 1 is 1.00 bits per heavy atom. The molecule has 0 amide bonds. The van der Waals surface area contributed by atoms with E-state index in [2.05, 4.69) is 0 Å². The number of benzene rings is 3. The van der Waals surface area contributed by atoms with Gasteiger partial charge in [-0.3, -0.25) is 0 Å². The average Bonchev–Trinajstić information content (AvgIpc) is 2.68. The van der Waals surface area contributed by atoms with E-state index in [9.17, 15) is 13.2 Å². The molecule has 0 aliphatic heterocycles. The second-order valence-electron chi connectivity index (χ2n) is 6.61. The molecule has 7 heteroatoms. The van der Waals surface area contributed by atoms with Crippen molar-refractivity contribution in [3.05, 3.63) is 94.0 Å². The summed E-state index contributed by atoms with van der Waals surface area (Å²) in [5.74, 6) is -0.527. The van der Waals surface area contributed by atoms with Crippen molar-refractivity contribution in [2.45, 2.75) is 28.2 Å². The number of aryl methyl sites for hydroxylation is 1. The molecule has 0 aliphatic rings. The number of carboxylic acids is 1. The fraction of sp³-hybridized carbons (Fsp3) is 0.136. The largest absolute Gasteiger partial charge is 0.478 e. The summed E-state index contributed by atoms with van der Waals surface area (Å²) in [6.07, 6.45) is 0. The third-order valence-corrected chi connectivity index (χ3v) is 7.45. The van der Waals surface area contributed by atoms with Crippen LogP contribution in [0.5, 0.6) is 0 Å². The summed E-state index contributed by atoms with van der Waals surface area (Å²) in [6.45, 7) is 1.91. The number of hydrogen-bond donors (Lipinski definition) is 1. The van der Waals surface area contributed by atoms with Crippen molar-refractivity contribution in [3.8, 4) is 0 Å². The maximum Gasteiger partial charge on any atom is 0.335 e. The summed E-state index contributed by atoms with van der Waals surface area (Å²) in [5.41, 5.74) is 2.82. The molecule has 29 heavy (non-hydrogen) atoms. The minimum atomic E-state index is -3.50. The number of carboxylic acid groups (broad SMARTS) is 1. The van der Waals surface area contributed by atoms with Gasteiger partial charge in [0.2, 0.25) is 0 Å². The monoisotopic (exact) mass is 446 g/mol. The summed E-state index contributed by atoms with van der Waals surface area (Å²) in [4.78, 5) is 12.1. The van der Waals surface area contributed by atoms with Gasteiger partial charge in [-0.15, -0.1) is 11.8 Å². The van der Waals surface area contributed by atoms with Crippen LogP contribution in [0.25, 0.3) is 0 Å². The Morgan fingerprint density at radius 3 is 2.28 bits per heavy atom. The Morgan fingerprint density at radius 2 is 1.66 bits per heavy atom. The second-order valence-corrected chi connectivity index (χ2v) is 10.1. The predicted octanol–water partition coefficient (Wildman–Crippen LogP) is 5.61. The topological polar surface area (TPSA) is 71.4 Å². The number of aromatic carboxylic acids is 1. The van der Waals surface area contributed by atoms with E-state index >= 15 is 0 Å². The number of carbonyl (C=O) groups is 1. The Bertz CT molecular complexity index is 1120. The second kappa shape index (κ2) is 9.03. The molecule has 1 N–H and O–H groups in total. The van der Waals surface area contributed by atoms with Crippen molar-refractivity contribution in [3.63, 3.8) is 0 Å². The van der Waals surface area contributed by atoms with Gasteiger partial charge >= 0.3 is 5.97 Å². The summed E-state index contributed by atoms with van der Waals surface area (Å²) in [6, 6.07) is 18.7. The highest BCUT2D eigenvalue weighted by atomic mass is 35.5. The molecule has 4 nitrogen and oxygen atoms in total. The predicted molar refractivity (Wildman–Crippen MR) is 116 cm³/mol. The first kappa shape index (κ1) is 21.4. The fourth-order valence-electron chi connectivity index (χ4n) is 2.74. The van der Waals surface area contributed by atoms with E-state index in [1.54, 1.807) is 60.7 Å². The van der Waals surface area contributed by atoms with Crippen molar-refractivity contribution in [2.75, 3.05) is 0 Å². The molecule has 3 aromatic carbocycles. The van der Waals surface area contributed by atoms with Gasteiger partial charge in [0.1, 0.15) is 0 Å². The first-order valence-corrected chi connectivity index (χ1v) is 11.8. The van der Waals surface area contributed by atoms with Gasteiger partial charge in [-0.05, 0) is 60.5 Å². The minimum absolute atomic E-state index is 0.142. The Hall–Kier alpha value is -2.28. The number of halogens is 1. The molecule has 0 atom stereocenters. The molecule has 150 valence electrons. The van der Waals surface area contributed by atoms with Crippen LogP contribution in [0.3, 0.4) is 0 Å². The standard InChI is InChI=1S/C22H19ClO4S2/c1-15-2-9-20(10-3-15)29(26,27)14-18-12-19(23)8-11-21(18)28-13-16-4-6-17(7-5-16)22(24)25/h2-12H,13-14H2,1H3,(H,24,25). The van der Waals surface area contributed by atoms with Crippen LogP contribution in [-0.4, -0.2) is 19.5 Å². The van der Waals surface area contributed by atoms with E-state index in [-0.39, 0.29) is 16.2 Å². The third-order valence-electron chi connectivity index (χ3n) is 4.34. The van der Waals surface area contributed by atoms with Crippen LogP contribution in [0.15, 0.2) is 76.5 Å². The Labute approximate surface area is 179 Å². The normalized spacial score (nSPS) is 11.4. The van der Waals surface area contributed by atoms with Crippen LogP contribution in [0.1, 0.15) is 27.0 Å². The highest BCUT2D eigenvalue weighted by molar-refractivity contribution is 7.98. The van der Waals surface area contributed by atoms with Crippen LogP contribution >= 0.6 is 23.4 Å². The van der Waals surface area contributed by atoms with Gasteiger partial charge in [-0.1, -0.05) is 41.4 Å². The van der Waals surface area contributed by atoms with Gasteiger partial charge in [-0.25, -0.2) is 13.2 Å². The smallest absolute Gasteiger partial charge is 0.335 e. The number of hydrogen-bond acceptors (Lipinski definition) is 4. The lowest BCUT2D eigenvalue weighted by Crippen LogP contribution is -2.06. The van der Waals surface area contributed by atoms with Crippen LogP contribution < -0.4 is 0 Å². The van der Waals surface area contributed by atoms with Crippen LogP contribution in [0, 0.1) is 6.92 Å². The summed E-state index contributed by atoms with van der Waals surface area (Å²) in [5, 5.41) is 9.47. The Balaban J connectivity index is 1.80. The zero-order valence-corrected chi connectivity index (χ0v) is 18.0. The highest BCUT2D eigenvalue weighted by Gasteiger charge is 2.18. The molecular formula is C22H19ClO4S2. The van der Waals surface area contributed by atoms with E-state index in [0.29, 0.717) is 16.3 Å². The third kappa shape index (κ3) is 5.63. The lowest BCUT2D eigenvalue weighted by molar-refractivity contribution is 0.0697. The summed E-state index contributed by atoms with van der Waals surface area (Å²) >= 11 is 7.61. The molecule has 0 saturated heterocycles. The molecule has 3 aromatic rings. The first-order chi connectivity index (χ1) is 13.7. The molecule has 0 aliphatic carbocycles. The molecule has 0 spiro atoms. The number of thioether (sulfide) groups is 1. The zero-order valence-electron chi connectivity index (χ0n) is 15.6. The maximum absolute atomic E-state index is 12.8. The van der Waals surface area contributed by atoms with Gasteiger partial charge in [0.25, 0.3) is 0 Å². The van der Waals surface area contributed by atoms with Crippen molar-refractivity contribution in [2.24, 2.45) is 0 Å². The maximum atomic E-state index is 12.8. The van der Waals surface area contributed by atoms with Crippen molar-refractivity contribution in [1.82, 2.24) is 0 Å². The number of sulfone groups is 1. The first-order valence-electron chi connectivity index (χ1n) is 8.77. The molecule has 0 aromatic heterocycles. The Kier molecular flexibility index (Phi) is 6.67. The fourth-order valence-corrected chi connectivity index (χ4v) is 5.39. The van der Waals surface area contributed by atoms with Gasteiger partial charge in [0.15, 0.2) is 9.84 Å². The van der Waals surface area contributed by atoms with E-state index in [0.717, 1.165) is 16.0 Å². The van der Waals surface area contributed by atoms with E-state index < -0.39 is 15.8 Å². The zero-order chi connectivity index (χ0) is 21.0. The summed E-state index contributed by atoms with van der Waals surface area (Å²) in [7, 11) is -3.50. The molecule has 0 unspecified atom stereocenters. The lowest BCUT2D eigenvalue weighted by Gasteiger charge is -2.11. The van der Waals surface area contributed by atoms with Crippen molar-refractivity contribution >= 4 is 39.2 Å². The van der Waals surface area contributed by atoms with Gasteiger partial charge in [0, 0.05) is 15.7 Å². The quantitative estimate of drug-likeness (QED) is 0.477. The van der Waals surface area contributed by atoms with Crippen molar-refractivity contribution in [1.29, 1.82) is 0 Å². The molecule has 0 bridgehead atoms. The molecule has 3 rings (SSSR count). The van der Waals surface area contributed by atoms with Crippen LogP contribution in [0.4, 0.5) is 0 Å².